The summed E-state index contributed by atoms with van der Waals surface area (Å²) in [4.78, 5) is 14.0. The van der Waals surface area contributed by atoms with Gasteiger partial charge < -0.3 is 10.8 Å². The van der Waals surface area contributed by atoms with Crippen LogP contribution in [0.1, 0.15) is 24.6 Å². The largest absolute Gasteiger partial charge is 0.396 e. The Labute approximate surface area is 185 Å². The van der Waals surface area contributed by atoms with E-state index in [0.29, 0.717) is 11.7 Å². The molecule has 6 heteroatoms. The molecule has 0 unspecified atom stereocenters. The number of pyridine rings is 1. The van der Waals surface area contributed by atoms with Gasteiger partial charge in [-0.05, 0) is 30.9 Å². The first-order valence-electron chi connectivity index (χ1n) is 10.8. The zero-order valence-corrected chi connectivity index (χ0v) is 17.4. The molecule has 1 fully saturated rings. The van der Waals surface area contributed by atoms with Gasteiger partial charge in [-0.25, -0.2) is 14.4 Å². The second kappa shape index (κ2) is 7.33. The van der Waals surface area contributed by atoms with Crippen molar-refractivity contribution in [3.63, 3.8) is 0 Å². The highest BCUT2D eigenvalue weighted by Crippen LogP contribution is 2.42. The van der Waals surface area contributed by atoms with Gasteiger partial charge in [0.2, 0.25) is 0 Å². The molecule has 0 bridgehead atoms. The van der Waals surface area contributed by atoms with Crippen molar-refractivity contribution in [2.24, 2.45) is 5.92 Å². The molecule has 6 nitrogen and oxygen atoms in total. The quantitative estimate of drug-likeness (QED) is 0.454. The maximum Gasteiger partial charge on any atom is 0.161 e. The zero-order valence-electron chi connectivity index (χ0n) is 17.4. The third kappa shape index (κ3) is 2.98. The molecule has 1 aliphatic carbocycles. The number of fused-ring (bicyclic) bond motifs is 2. The summed E-state index contributed by atoms with van der Waals surface area (Å²) in [7, 11) is 0. The molecule has 2 aromatic carbocycles. The SMILES string of the molecule is Nc1nc#cn2c(C3CC(CO)C3)nc(-c3ccc4ccc(-c5ccccc5)nc4c3)c12. The Morgan fingerprint density at radius 1 is 1.00 bits per heavy atom. The molecule has 5 aromatic rings. The Balaban J connectivity index is 1.49. The number of anilines is 1. The molecule has 0 aliphatic heterocycles. The maximum atomic E-state index is 9.42. The summed E-state index contributed by atoms with van der Waals surface area (Å²) in [6, 6.07) is 20.5. The third-order valence-corrected chi connectivity index (χ3v) is 6.38. The van der Waals surface area contributed by atoms with Crippen LogP contribution in [-0.4, -0.2) is 31.1 Å². The van der Waals surface area contributed by atoms with Gasteiger partial charge in [-0.3, -0.25) is 0 Å². The van der Waals surface area contributed by atoms with E-state index in [0.717, 1.165) is 57.6 Å². The Bertz CT molecular complexity index is 1440. The second-order valence-corrected chi connectivity index (χ2v) is 8.41. The van der Waals surface area contributed by atoms with Crippen molar-refractivity contribution in [1.29, 1.82) is 0 Å². The third-order valence-electron chi connectivity index (χ3n) is 6.38. The topological polar surface area (TPSA) is 89.3 Å². The van der Waals surface area contributed by atoms with Crippen molar-refractivity contribution in [2.45, 2.75) is 18.8 Å². The van der Waals surface area contributed by atoms with Crippen LogP contribution in [0, 0.1) is 18.3 Å². The molecule has 0 atom stereocenters. The van der Waals surface area contributed by atoms with Crippen molar-refractivity contribution in [1.82, 2.24) is 19.4 Å². The Hall–Kier alpha value is -3.95. The van der Waals surface area contributed by atoms with Crippen LogP contribution in [0.4, 0.5) is 5.82 Å². The fraction of sp³-hybridized carbons (Fsp3) is 0.192. The zero-order chi connectivity index (χ0) is 21.7. The lowest BCUT2D eigenvalue weighted by Crippen LogP contribution is -2.26. The fourth-order valence-corrected chi connectivity index (χ4v) is 4.58. The monoisotopic (exact) mass is 419 g/mol. The van der Waals surface area contributed by atoms with Gasteiger partial charge in [0.1, 0.15) is 17.0 Å². The predicted molar refractivity (Wildman–Crippen MR) is 124 cm³/mol. The van der Waals surface area contributed by atoms with Crippen LogP contribution in [0.25, 0.3) is 38.9 Å². The van der Waals surface area contributed by atoms with Crippen LogP contribution in [0.3, 0.4) is 0 Å². The van der Waals surface area contributed by atoms with E-state index in [1.54, 1.807) is 0 Å². The van der Waals surface area contributed by atoms with E-state index in [-0.39, 0.29) is 12.5 Å². The van der Waals surface area contributed by atoms with Crippen molar-refractivity contribution in [3.05, 3.63) is 78.9 Å². The van der Waals surface area contributed by atoms with Crippen molar-refractivity contribution in [2.75, 3.05) is 12.3 Å². The van der Waals surface area contributed by atoms with E-state index in [9.17, 15) is 5.11 Å². The lowest BCUT2D eigenvalue weighted by molar-refractivity contribution is 0.138. The molecule has 3 heterocycles. The predicted octanol–water partition coefficient (Wildman–Crippen LogP) is 4.28. The number of hydrogen-bond donors (Lipinski definition) is 2. The smallest absolute Gasteiger partial charge is 0.161 e. The van der Waals surface area contributed by atoms with E-state index in [4.69, 9.17) is 15.7 Å². The Morgan fingerprint density at radius 2 is 1.81 bits per heavy atom. The van der Waals surface area contributed by atoms with E-state index >= 15 is 0 Å². The van der Waals surface area contributed by atoms with Crippen LogP contribution in [-0.2, 0) is 0 Å². The van der Waals surface area contributed by atoms with E-state index < -0.39 is 0 Å². The molecule has 32 heavy (non-hydrogen) atoms. The van der Waals surface area contributed by atoms with Gasteiger partial charge in [-0.15, -0.1) is 0 Å². The molecule has 1 saturated carbocycles. The molecule has 0 radical (unpaired) electrons. The molecule has 156 valence electrons. The lowest BCUT2D eigenvalue weighted by Gasteiger charge is -2.32. The molecule has 0 amide bonds. The molecule has 1 aliphatic rings. The first kappa shape index (κ1) is 18.8. The van der Waals surface area contributed by atoms with Crippen LogP contribution in [0.2, 0.25) is 0 Å². The van der Waals surface area contributed by atoms with E-state index in [1.165, 1.54) is 0 Å². The second-order valence-electron chi connectivity index (χ2n) is 8.41. The highest BCUT2D eigenvalue weighted by molar-refractivity contribution is 5.91. The molecular weight excluding hydrogens is 398 g/mol. The summed E-state index contributed by atoms with van der Waals surface area (Å²) in [6.07, 6.45) is 7.63. The number of aliphatic hydroxyl groups is 1. The standard InChI is InChI=1S/C26H21N5O/c27-25-24-23(30-26(31(24)11-10-28-25)20-12-16(13-20)15-32)19-7-6-18-8-9-21(29-22(18)14-19)17-4-2-1-3-5-17/h1-9,14,16,20,32H,12-13,15H2,(H2,27,28). The molecular formula is C26H21N5O. The minimum Gasteiger partial charge on any atom is -0.396 e. The number of benzene rings is 2. The molecule has 3 aromatic heterocycles. The van der Waals surface area contributed by atoms with Gasteiger partial charge in [-0.2, -0.15) is 4.98 Å². The number of nitrogens with two attached hydrogens (primary N) is 1. The minimum atomic E-state index is 0.215. The highest BCUT2D eigenvalue weighted by Gasteiger charge is 2.34. The average molecular weight is 419 g/mol. The van der Waals surface area contributed by atoms with Crippen molar-refractivity contribution in [3.8, 4) is 22.5 Å². The number of hydrogen-bond acceptors (Lipinski definition) is 5. The summed E-state index contributed by atoms with van der Waals surface area (Å²) < 4.78 is 1.88. The lowest BCUT2D eigenvalue weighted by atomic mass is 9.75. The average Bonchev–Trinajstić information content (AvgIpc) is 3.19. The van der Waals surface area contributed by atoms with Gasteiger partial charge in [0.15, 0.2) is 5.82 Å². The molecule has 3 N–H and O–H groups in total. The van der Waals surface area contributed by atoms with Gasteiger partial charge in [0.05, 0.1) is 17.4 Å². The number of aliphatic hydroxyl groups excluding tert-OH is 1. The fourth-order valence-electron chi connectivity index (χ4n) is 4.58. The summed E-state index contributed by atoms with van der Waals surface area (Å²) in [5.74, 6) is 1.88. The van der Waals surface area contributed by atoms with Gasteiger partial charge in [0.25, 0.3) is 0 Å². The van der Waals surface area contributed by atoms with Crippen molar-refractivity contribution < 1.29 is 5.11 Å². The highest BCUT2D eigenvalue weighted by atomic mass is 16.3. The summed E-state index contributed by atoms with van der Waals surface area (Å²) >= 11 is 0. The first-order chi connectivity index (χ1) is 15.7. The summed E-state index contributed by atoms with van der Waals surface area (Å²) in [6.45, 7) is 0.215. The van der Waals surface area contributed by atoms with E-state index in [2.05, 4.69) is 47.7 Å². The van der Waals surface area contributed by atoms with Crippen LogP contribution in [0.15, 0.2) is 60.7 Å². The van der Waals surface area contributed by atoms with Gasteiger partial charge in [0, 0.05) is 35.2 Å². The maximum absolute atomic E-state index is 9.42. The number of aromatic nitrogens is 4. The first-order valence-corrected chi connectivity index (χ1v) is 10.8. The summed E-state index contributed by atoms with van der Waals surface area (Å²) in [5, 5.41) is 10.5. The number of nitrogen functional groups attached to an aromatic ring is 1. The Morgan fingerprint density at radius 3 is 2.62 bits per heavy atom. The molecule has 0 spiro atoms. The van der Waals surface area contributed by atoms with Crippen LogP contribution < -0.4 is 5.73 Å². The number of rotatable bonds is 4. The number of nitrogens with zero attached hydrogens (tertiary/aromatic N) is 4. The van der Waals surface area contributed by atoms with Crippen molar-refractivity contribution >= 4 is 22.2 Å². The normalized spacial score (nSPS) is 17.9. The van der Waals surface area contributed by atoms with Crippen LogP contribution >= 0.6 is 0 Å². The molecule has 6 rings (SSSR count). The number of imidazole rings is 1. The van der Waals surface area contributed by atoms with Gasteiger partial charge >= 0.3 is 0 Å². The summed E-state index contributed by atoms with van der Waals surface area (Å²) in [5.41, 5.74) is 11.6. The van der Waals surface area contributed by atoms with E-state index in [1.807, 2.05) is 34.7 Å². The van der Waals surface area contributed by atoms with Gasteiger partial charge in [-0.1, -0.05) is 48.5 Å². The van der Waals surface area contributed by atoms with Crippen LogP contribution in [0.5, 0.6) is 0 Å². The Kier molecular flexibility index (Phi) is 4.30. The minimum absolute atomic E-state index is 0.215. The molecule has 0 saturated heterocycles.